The van der Waals surface area contributed by atoms with Crippen molar-refractivity contribution < 1.29 is 9.59 Å². The van der Waals surface area contributed by atoms with Gasteiger partial charge in [-0.1, -0.05) is 25.5 Å². The summed E-state index contributed by atoms with van der Waals surface area (Å²) in [6.45, 7) is 5.58. The van der Waals surface area contributed by atoms with E-state index in [0.717, 1.165) is 30.0 Å². The number of benzene rings is 1. The Kier molecular flexibility index (Phi) is 5.67. The van der Waals surface area contributed by atoms with E-state index in [1.54, 1.807) is 0 Å². The average Bonchev–Trinajstić information content (AvgIpc) is 2.49. The summed E-state index contributed by atoms with van der Waals surface area (Å²) >= 11 is 1.49. The first-order valence-electron chi connectivity index (χ1n) is 7.50. The molecule has 1 aliphatic rings. The van der Waals surface area contributed by atoms with Crippen LogP contribution in [0.1, 0.15) is 33.1 Å². The van der Waals surface area contributed by atoms with Crippen molar-refractivity contribution in [2.24, 2.45) is 0 Å². The number of para-hydroxylation sites is 1. The number of nitrogens with zero attached hydrogens (tertiary/aromatic N) is 1. The van der Waals surface area contributed by atoms with E-state index in [1.165, 1.54) is 11.8 Å². The van der Waals surface area contributed by atoms with Crippen molar-refractivity contribution in [2.45, 2.75) is 43.3 Å². The van der Waals surface area contributed by atoms with E-state index in [9.17, 15) is 9.59 Å². The quantitative estimate of drug-likeness (QED) is 0.878. The highest BCUT2D eigenvalue weighted by Crippen LogP contribution is 2.36. The van der Waals surface area contributed by atoms with E-state index in [0.29, 0.717) is 6.54 Å². The van der Waals surface area contributed by atoms with Gasteiger partial charge in [0.05, 0.1) is 10.9 Å². The van der Waals surface area contributed by atoms with E-state index >= 15 is 0 Å². The molecule has 1 N–H and O–H groups in total. The summed E-state index contributed by atoms with van der Waals surface area (Å²) in [6, 6.07) is 7.71. The molecule has 0 aliphatic carbocycles. The van der Waals surface area contributed by atoms with Crippen LogP contribution in [0.5, 0.6) is 0 Å². The molecule has 4 nitrogen and oxygen atoms in total. The van der Waals surface area contributed by atoms with Crippen LogP contribution in [0.4, 0.5) is 5.69 Å². The number of nitrogens with one attached hydrogen (secondary N) is 1. The van der Waals surface area contributed by atoms with Gasteiger partial charge in [0.25, 0.3) is 0 Å². The maximum Gasteiger partial charge on any atom is 0.238 e. The van der Waals surface area contributed by atoms with Gasteiger partial charge in [-0.05, 0) is 25.5 Å². The maximum absolute atomic E-state index is 12.3. The van der Waals surface area contributed by atoms with Crippen LogP contribution in [0, 0.1) is 0 Å². The zero-order valence-corrected chi connectivity index (χ0v) is 13.4. The molecule has 1 unspecified atom stereocenters. The molecule has 1 aromatic carbocycles. The van der Waals surface area contributed by atoms with Crippen molar-refractivity contribution in [3.63, 3.8) is 0 Å². The molecule has 0 bridgehead atoms. The van der Waals surface area contributed by atoms with Gasteiger partial charge in [-0.2, -0.15) is 0 Å². The molecule has 0 spiro atoms. The van der Waals surface area contributed by atoms with Crippen LogP contribution < -0.4 is 5.32 Å². The fraction of sp³-hybridized carbons (Fsp3) is 0.500. The number of thioether (sulfide) groups is 1. The van der Waals surface area contributed by atoms with Gasteiger partial charge in [0.2, 0.25) is 11.8 Å². The summed E-state index contributed by atoms with van der Waals surface area (Å²) in [5.41, 5.74) is 0.842. The van der Waals surface area contributed by atoms with Gasteiger partial charge < -0.3 is 10.2 Å². The Labute approximate surface area is 130 Å². The highest BCUT2D eigenvalue weighted by atomic mass is 32.2. The normalized spacial score (nSPS) is 17.0. The third-order valence-electron chi connectivity index (χ3n) is 3.58. The summed E-state index contributed by atoms with van der Waals surface area (Å²) in [4.78, 5) is 27.3. The Balaban J connectivity index is 1.99. The fourth-order valence-corrected chi connectivity index (χ4v) is 3.42. The Morgan fingerprint density at radius 2 is 2.10 bits per heavy atom. The molecule has 0 saturated heterocycles. The molecule has 2 rings (SSSR count). The van der Waals surface area contributed by atoms with Gasteiger partial charge >= 0.3 is 0 Å². The Bertz CT molecular complexity index is 519. The molecular weight excluding hydrogens is 284 g/mol. The number of fused-ring (bicyclic) bond motifs is 1. The highest BCUT2D eigenvalue weighted by Gasteiger charge is 2.29. The monoisotopic (exact) mass is 306 g/mol. The van der Waals surface area contributed by atoms with Crippen molar-refractivity contribution in [3.05, 3.63) is 24.3 Å². The second kappa shape index (κ2) is 7.50. The van der Waals surface area contributed by atoms with Gasteiger partial charge in [0.15, 0.2) is 0 Å². The van der Waals surface area contributed by atoms with E-state index in [2.05, 4.69) is 12.2 Å². The molecular formula is C16H22N2O2S. The number of hydrogen-bond donors (Lipinski definition) is 1. The number of carbonyl (C=O) groups is 2. The lowest BCUT2D eigenvalue weighted by Gasteiger charge is -2.26. The number of carbonyl (C=O) groups excluding carboxylic acids is 2. The predicted molar refractivity (Wildman–Crippen MR) is 86.5 cm³/mol. The van der Waals surface area contributed by atoms with Crippen molar-refractivity contribution >= 4 is 29.3 Å². The minimum Gasteiger partial charge on any atom is -0.343 e. The van der Waals surface area contributed by atoms with Gasteiger partial charge in [-0.15, -0.1) is 11.8 Å². The second-order valence-corrected chi connectivity index (χ2v) is 6.37. The standard InChI is InChI=1S/C16H22N2O2S/c1-3-5-10-18(4-2)15(19)11-14-16(20)17-12-8-6-7-9-13(12)21-14/h6-9,14H,3-5,10-11H2,1-2H3,(H,17,20). The largest absolute Gasteiger partial charge is 0.343 e. The summed E-state index contributed by atoms with van der Waals surface area (Å²) in [7, 11) is 0. The zero-order valence-electron chi connectivity index (χ0n) is 12.6. The van der Waals surface area contributed by atoms with Crippen LogP contribution in [0.15, 0.2) is 29.2 Å². The van der Waals surface area contributed by atoms with Crippen molar-refractivity contribution in [3.8, 4) is 0 Å². The average molecular weight is 306 g/mol. The fourth-order valence-electron chi connectivity index (χ4n) is 2.32. The lowest BCUT2D eigenvalue weighted by Crippen LogP contribution is -2.37. The molecule has 0 saturated carbocycles. The van der Waals surface area contributed by atoms with Crippen LogP contribution in [0.25, 0.3) is 0 Å². The smallest absolute Gasteiger partial charge is 0.238 e. The van der Waals surface area contributed by atoms with Gasteiger partial charge in [0, 0.05) is 24.4 Å². The minimum atomic E-state index is -0.330. The molecule has 0 aromatic heterocycles. The first-order chi connectivity index (χ1) is 10.2. The third kappa shape index (κ3) is 4.00. The maximum atomic E-state index is 12.3. The van der Waals surface area contributed by atoms with Crippen LogP contribution >= 0.6 is 11.8 Å². The van der Waals surface area contributed by atoms with E-state index in [1.807, 2.05) is 36.1 Å². The van der Waals surface area contributed by atoms with Gasteiger partial charge in [-0.3, -0.25) is 9.59 Å². The van der Waals surface area contributed by atoms with Crippen LogP contribution in [0.3, 0.4) is 0 Å². The van der Waals surface area contributed by atoms with Crippen LogP contribution in [-0.4, -0.2) is 35.1 Å². The van der Waals surface area contributed by atoms with Gasteiger partial charge in [-0.25, -0.2) is 0 Å². The van der Waals surface area contributed by atoms with E-state index in [4.69, 9.17) is 0 Å². The van der Waals surface area contributed by atoms with Crippen molar-refractivity contribution in [1.29, 1.82) is 0 Å². The third-order valence-corrected chi connectivity index (χ3v) is 4.86. The summed E-state index contributed by atoms with van der Waals surface area (Å²) < 4.78 is 0. The van der Waals surface area contributed by atoms with Gasteiger partial charge in [0.1, 0.15) is 0 Å². The molecule has 1 aromatic rings. The Hall–Kier alpha value is -1.49. The molecule has 5 heteroatoms. The number of hydrogen-bond acceptors (Lipinski definition) is 3. The van der Waals surface area contributed by atoms with E-state index < -0.39 is 0 Å². The first-order valence-corrected chi connectivity index (χ1v) is 8.38. The number of unbranched alkanes of at least 4 members (excludes halogenated alkanes) is 1. The number of anilines is 1. The van der Waals surface area contributed by atoms with Crippen LogP contribution in [-0.2, 0) is 9.59 Å². The Morgan fingerprint density at radius 1 is 1.33 bits per heavy atom. The van der Waals surface area contributed by atoms with E-state index in [-0.39, 0.29) is 23.5 Å². The molecule has 21 heavy (non-hydrogen) atoms. The van der Waals surface area contributed by atoms with Crippen molar-refractivity contribution in [1.82, 2.24) is 4.90 Å². The molecule has 1 atom stereocenters. The minimum absolute atomic E-state index is 0.0676. The molecule has 114 valence electrons. The zero-order chi connectivity index (χ0) is 15.2. The van der Waals surface area contributed by atoms with Crippen molar-refractivity contribution in [2.75, 3.05) is 18.4 Å². The number of rotatable bonds is 6. The topological polar surface area (TPSA) is 49.4 Å². The molecule has 1 aliphatic heterocycles. The second-order valence-electron chi connectivity index (χ2n) is 5.12. The molecule has 1 heterocycles. The predicted octanol–water partition coefficient (Wildman–Crippen LogP) is 3.14. The molecule has 0 fully saturated rings. The molecule has 2 amide bonds. The highest BCUT2D eigenvalue weighted by molar-refractivity contribution is 8.01. The summed E-state index contributed by atoms with van der Waals surface area (Å²) in [5.74, 6) is -0.00317. The lowest BCUT2D eigenvalue weighted by molar-refractivity contribution is -0.132. The summed E-state index contributed by atoms with van der Waals surface area (Å²) in [6.07, 6.45) is 2.34. The molecule has 0 radical (unpaired) electrons. The number of amides is 2. The summed E-state index contributed by atoms with van der Waals surface area (Å²) in [5, 5.41) is 2.55. The SMILES string of the molecule is CCCCN(CC)C(=O)CC1Sc2ccccc2NC1=O. The van der Waals surface area contributed by atoms with Crippen LogP contribution in [0.2, 0.25) is 0 Å². The lowest BCUT2D eigenvalue weighted by atomic mass is 10.2. The first kappa shape index (κ1) is 15.9. The Morgan fingerprint density at radius 3 is 2.81 bits per heavy atom.